The van der Waals surface area contributed by atoms with Crippen molar-refractivity contribution in [2.24, 2.45) is 0 Å². The molecule has 15 heteroatoms. The average molecular weight is 638 g/mol. The quantitative estimate of drug-likeness (QED) is 0.285. The highest BCUT2D eigenvalue weighted by atomic mass is 35.5. The van der Waals surface area contributed by atoms with Gasteiger partial charge in [0, 0.05) is 35.4 Å². The summed E-state index contributed by atoms with van der Waals surface area (Å²) in [5.41, 5.74) is 3.96. The number of fused-ring (bicyclic) bond motifs is 2. The van der Waals surface area contributed by atoms with Crippen molar-refractivity contribution in [1.82, 2.24) is 9.97 Å². The molecule has 1 aliphatic heterocycles. The maximum Gasteiger partial charge on any atom is 0.263 e. The summed E-state index contributed by atoms with van der Waals surface area (Å²) in [7, 11) is -7.19. The molecule has 0 bridgehead atoms. The first-order chi connectivity index (χ1) is 19.2. The molecule has 3 heterocycles. The van der Waals surface area contributed by atoms with E-state index in [-0.39, 0.29) is 16.7 Å². The number of amides is 1. The van der Waals surface area contributed by atoms with Crippen molar-refractivity contribution in [3.63, 3.8) is 0 Å². The monoisotopic (exact) mass is 637 g/mol. The number of hydrogen-bond donors (Lipinski definition) is 2. The van der Waals surface area contributed by atoms with Gasteiger partial charge in [0.05, 0.1) is 9.79 Å². The third-order valence-electron chi connectivity index (χ3n) is 6.36. The normalized spacial score (nSPS) is 14.2. The summed E-state index contributed by atoms with van der Waals surface area (Å²) in [5.74, 6) is -0.276. The molecule has 0 atom stereocenters. The molecule has 10 nitrogen and oxygen atoms in total. The number of aryl methyl sites for hydroxylation is 2. The van der Waals surface area contributed by atoms with Crippen molar-refractivity contribution < 1.29 is 21.6 Å². The molecule has 4 aromatic rings. The largest absolute Gasteiger partial charge is 0.311 e. The molecule has 2 aromatic heterocycles. The van der Waals surface area contributed by atoms with Crippen LogP contribution in [0.5, 0.6) is 0 Å². The van der Waals surface area contributed by atoms with Crippen molar-refractivity contribution in [3.05, 3.63) is 76.2 Å². The Balaban J connectivity index is 0.000000164. The predicted octanol–water partition coefficient (Wildman–Crippen LogP) is 4.50. The van der Waals surface area contributed by atoms with Crippen LogP contribution >= 0.6 is 34.3 Å². The van der Waals surface area contributed by atoms with Gasteiger partial charge in [-0.3, -0.25) is 14.2 Å². The van der Waals surface area contributed by atoms with E-state index in [1.54, 1.807) is 46.1 Å². The average Bonchev–Trinajstić information content (AvgIpc) is 3.75. The molecular formula is C25H24ClN5O5S4. The van der Waals surface area contributed by atoms with Crippen LogP contribution in [-0.4, -0.2) is 45.1 Å². The highest BCUT2D eigenvalue weighted by Gasteiger charge is 2.26. The number of sulfonamides is 2. The van der Waals surface area contributed by atoms with Gasteiger partial charge in [0.1, 0.15) is 5.88 Å². The molecule has 6 rings (SSSR count). The standard InChI is InChI=1S/C13H12ClN3O3S2.C12H12N2O2S2/c14-8-12(18)17-5-3-9-7-10(1-2-11(9)17)22(19,20)16-13-15-4-6-21-13;15-18(16,14-12-13-6-7-17-12)11-5-4-9-2-1-3-10(9)8-11/h1-2,4,6-7H,3,5,8H2,(H,15,16);4-8H,1-3H2,(H,13,14). The number of carbonyl (C=O) groups excluding carboxylic acids is 1. The molecule has 0 radical (unpaired) electrons. The van der Waals surface area contributed by atoms with Gasteiger partial charge in [0.25, 0.3) is 20.0 Å². The van der Waals surface area contributed by atoms with E-state index >= 15 is 0 Å². The number of benzene rings is 2. The van der Waals surface area contributed by atoms with Crippen molar-refractivity contribution >= 4 is 76.2 Å². The predicted molar refractivity (Wildman–Crippen MR) is 158 cm³/mol. The summed E-state index contributed by atoms with van der Waals surface area (Å²) in [5, 5.41) is 4.14. The van der Waals surface area contributed by atoms with E-state index in [1.165, 1.54) is 40.5 Å². The van der Waals surface area contributed by atoms with Crippen molar-refractivity contribution in [1.29, 1.82) is 0 Å². The van der Waals surface area contributed by atoms with E-state index in [0.29, 0.717) is 28.1 Å². The van der Waals surface area contributed by atoms with Gasteiger partial charge in [-0.1, -0.05) is 6.07 Å². The Morgan fingerprint density at radius 2 is 1.40 bits per heavy atom. The third kappa shape index (κ3) is 6.31. The summed E-state index contributed by atoms with van der Waals surface area (Å²) in [6.07, 6.45) is 6.84. The zero-order valence-electron chi connectivity index (χ0n) is 20.9. The first-order valence-corrected chi connectivity index (χ1v) is 17.4. The molecule has 0 saturated carbocycles. The van der Waals surface area contributed by atoms with E-state index in [9.17, 15) is 21.6 Å². The lowest BCUT2D eigenvalue weighted by Gasteiger charge is -2.16. The second kappa shape index (κ2) is 11.8. The zero-order valence-corrected chi connectivity index (χ0v) is 24.9. The Labute approximate surface area is 245 Å². The lowest BCUT2D eigenvalue weighted by molar-refractivity contribution is -0.116. The van der Waals surface area contributed by atoms with Gasteiger partial charge in [-0.05, 0) is 72.7 Å². The molecule has 40 heavy (non-hydrogen) atoms. The number of alkyl halides is 1. The number of thiazole rings is 2. The summed E-state index contributed by atoms with van der Waals surface area (Å²) in [6, 6.07) is 10.1. The van der Waals surface area contributed by atoms with Crippen LogP contribution in [0.15, 0.2) is 69.3 Å². The second-order valence-electron chi connectivity index (χ2n) is 8.89. The first-order valence-electron chi connectivity index (χ1n) is 12.1. The van der Waals surface area contributed by atoms with Crippen molar-refractivity contribution in [3.8, 4) is 0 Å². The van der Waals surface area contributed by atoms with Gasteiger partial charge in [-0.2, -0.15) is 0 Å². The van der Waals surface area contributed by atoms with E-state index in [1.807, 2.05) is 6.07 Å². The molecule has 0 saturated heterocycles. The number of nitrogens with zero attached hydrogens (tertiary/aromatic N) is 3. The van der Waals surface area contributed by atoms with Crippen LogP contribution in [0.1, 0.15) is 23.1 Å². The Morgan fingerprint density at radius 1 is 0.825 bits per heavy atom. The maximum atomic E-state index is 12.3. The molecule has 2 aromatic carbocycles. The molecule has 2 aliphatic rings. The number of halogens is 1. The highest BCUT2D eigenvalue weighted by Crippen LogP contribution is 2.31. The molecular weight excluding hydrogens is 614 g/mol. The molecule has 2 N–H and O–H groups in total. The number of nitrogens with one attached hydrogen (secondary N) is 2. The summed E-state index contributed by atoms with van der Waals surface area (Å²) in [6.45, 7) is 0.518. The lowest BCUT2D eigenvalue weighted by atomic mass is 10.1. The van der Waals surface area contributed by atoms with E-state index < -0.39 is 20.0 Å². The summed E-state index contributed by atoms with van der Waals surface area (Å²) >= 11 is 8.06. The minimum atomic E-state index is -3.68. The fourth-order valence-electron chi connectivity index (χ4n) is 4.49. The zero-order chi connectivity index (χ0) is 28.3. The van der Waals surface area contributed by atoms with Crippen LogP contribution < -0.4 is 14.3 Å². The van der Waals surface area contributed by atoms with Gasteiger partial charge in [0.15, 0.2) is 10.3 Å². The SMILES string of the molecule is O=C(CCl)N1CCc2cc(S(=O)(=O)Nc3nccs3)ccc21.O=S(=O)(Nc1nccs1)c1ccc2c(c1)CCC2. The van der Waals surface area contributed by atoms with Crippen LogP contribution in [0.4, 0.5) is 16.0 Å². The van der Waals surface area contributed by atoms with Crippen LogP contribution in [-0.2, 0) is 44.1 Å². The van der Waals surface area contributed by atoms with Gasteiger partial charge >= 0.3 is 0 Å². The minimum absolute atomic E-state index is 0.0922. The maximum absolute atomic E-state index is 12.3. The highest BCUT2D eigenvalue weighted by molar-refractivity contribution is 7.93. The Hall–Kier alpha value is -3.04. The Bertz CT molecular complexity index is 1730. The smallest absolute Gasteiger partial charge is 0.263 e. The minimum Gasteiger partial charge on any atom is -0.311 e. The van der Waals surface area contributed by atoms with Crippen LogP contribution in [0, 0.1) is 0 Å². The van der Waals surface area contributed by atoms with Crippen LogP contribution in [0.3, 0.4) is 0 Å². The number of rotatable bonds is 7. The van der Waals surface area contributed by atoms with Crippen LogP contribution in [0.25, 0.3) is 0 Å². The first kappa shape index (κ1) is 28.5. The third-order valence-corrected chi connectivity index (χ3v) is 10.9. The van der Waals surface area contributed by atoms with Gasteiger partial charge in [-0.15, -0.1) is 34.3 Å². The number of aromatic nitrogens is 2. The fourth-order valence-corrected chi connectivity index (χ4v) is 8.31. The number of anilines is 3. The van der Waals surface area contributed by atoms with Crippen molar-refractivity contribution in [2.45, 2.75) is 35.5 Å². The topological polar surface area (TPSA) is 138 Å². The number of hydrogen-bond acceptors (Lipinski definition) is 9. The molecule has 210 valence electrons. The lowest BCUT2D eigenvalue weighted by Crippen LogP contribution is -2.29. The Kier molecular flexibility index (Phi) is 8.42. The second-order valence-corrected chi connectivity index (χ2v) is 14.3. The van der Waals surface area contributed by atoms with Crippen molar-refractivity contribution in [2.75, 3.05) is 26.8 Å². The van der Waals surface area contributed by atoms with Gasteiger partial charge in [0.2, 0.25) is 5.91 Å². The summed E-state index contributed by atoms with van der Waals surface area (Å²) < 4.78 is 53.9. The van der Waals surface area contributed by atoms with Crippen LogP contribution in [0.2, 0.25) is 0 Å². The number of carbonyl (C=O) groups is 1. The van der Waals surface area contributed by atoms with E-state index in [4.69, 9.17) is 11.6 Å². The molecule has 0 fully saturated rings. The fraction of sp³-hybridized carbons (Fsp3) is 0.240. The molecule has 1 amide bonds. The molecule has 0 unspecified atom stereocenters. The van der Waals surface area contributed by atoms with E-state index in [2.05, 4.69) is 19.4 Å². The molecule has 1 aliphatic carbocycles. The van der Waals surface area contributed by atoms with Gasteiger partial charge < -0.3 is 4.90 Å². The van der Waals surface area contributed by atoms with E-state index in [0.717, 1.165) is 36.1 Å². The molecule has 0 spiro atoms. The Morgan fingerprint density at radius 3 is 1.98 bits per heavy atom. The summed E-state index contributed by atoms with van der Waals surface area (Å²) in [4.78, 5) is 21.6. The van der Waals surface area contributed by atoms with Gasteiger partial charge in [-0.25, -0.2) is 26.8 Å².